The molecule has 0 radical (unpaired) electrons. The van der Waals surface area contributed by atoms with Crippen molar-refractivity contribution in [3.63, 3.8) is 0 Å². The topological polar surface area (TPSA) is 68.2 Å². The van der Waals surface area contributed by atoms with E-state index in [9.17, 15) is 4.79 Å². The van der Waals surface area contributed by atoms with Crippen LogP contribution in [0.1, 0.15) is 18.4 Å². The van der Waals surface area contributed by atoms with Gasteiger partial charge in [0.2, 0.25) is 5.91 Å². The average molecular weight is 365 g/mol. The highest BCUT2D eigenvalue weighted by Crippen LogP contribution is 2.27. The van der Waals surface area contributed by atoms with Gasteiger partial charge in [-0.2, -0.15) is 5.10 Å². The molecular formula is C18H25ClN4O2. The quantitative estimate of drug-likeness (QED) is 0.819. The fourth-order valence-corrected chi connectivity index (χ4v) is 3.31. The largest absolute Gasteiger partial charge is 0.496 e. The molecule has 1 aliphatic heterocycles. The molecule has 7 heteroatoms. The molecule has 0 bridgehead atoms. The summed E-state index contributed by atoms with van der Waals surface area (Å²) in [5.74, 6) is 0.901. The van der Waals surface area contributed by atoms with Crippen LogP contribution >= 0.6 is 12.4 Å². The summed E-state index contributed by atoms with van der Waals surface area (Å²) in [7, 11) is 1.67. The second kappa shape index (κ2) is 8.87. The van der Waals surface area contributed by atoms with Gasteiger partial charge in [0, 0.05) is 18.9 Å². The van der Waals surface area contributed by atoms with Gasteiger partial charge in [0.15, 0.2) is 0 Å². The fourth-order valence-electron chi connectivity index (χ4n) is 3.31. The molecule has 1 saturated heterocycles. The van der Waals surface area contributed by atoms with Crippen molar-refractivity contribution in [2.75, 3.05) is 26.7 Å². The molecule has 136 valence electrons. The molecule has 2 aromatic rings. The summed E-state index contributed by atoms with van der Waals surface area (Å²) in [4.78, 5) is 12.9. The Hall–Kier alpha value is -2.05. The number of carbonyl (C=O) groups excluding carboxylic acids is 1. The highest BCUT2D eigenvalue weighted by molar-refractivity contribution is 5.85. The molecule has 2 heterocycles. The lowest BCUT2D eigenvalue weighted by molar-refractivity contribution is -0.131. The first-order chi connectivity index (χ1) is 11.8. The molecule has 1 amide bonds. The van der Waals surface area contributed by atoms with E-state index in [0.29, 0.717) is 6.54 Å². The van der Waals surface area contributed by atoms with Crippen molar-refractivity contribution in [1.29, 1.82) is 0 Å². The third-order valence-corrected chi connectivity index (χ3v) is 4.67. The van der Waals surface area contributed by atoms with Crippen molar-refractivity contribution in [3.8, 4) is 5.75 Å². The van der Waals surface area contributed by atoms with Crippen LogP contribution in [0.25, 0.3) is 0 Å². The van der Waals surface area contributed by atoms with Crippen molar-refractivity contribution in [3.05, 3.63) is 48.3 Å². The Balaban J connectivity index is 0.00000225. The number of amides is 1. The van der Waals surface area contributed by atoms with Crippen LogP contribution < -0.4 is 15.4 Å². The standard InChI is InChI=1S/C18H24N4O2.ClH/c1-24-16-6-3-2-5-15(16)7-11-20-17(23)18(8-12-19-13-9-18)22-14-4-10-21-22;/h2-6,10,14,19H,7-9,11-13H2,1H3,(H,20,23);1H. The Kier molecular flexibility index (Phi) is 6.84. The van der Waals surface area contributed by atoms with Crippen molar-refractivity contribution in [1.82, 2.24) is 20.4 Å². The first-order valence-electron chi connectivity index (χ1n) is 8.37. The summed E-state index contributed by atoms with van der Waals surface area (Å²) in [5, 5.41) is 10.7. The second-order valence-electron chi connectivity index (χ2n) is 6.05. The maximum Gasteiger partial charge on any atom is 0.248 e. The smallest absolute Gasteiger partial charge is 0.248 e. The third kappa shape index (κ3) is 4.14. The Morgan fingerprint density at radius 2 is 2.08 bits per heavy atom. The van der Waals surface area contributed by atoms with E-state index in [1.807, 2.05) is 41.2 Å². The van der Waals surface area contributed by atoms with Crippen molar-refractivity contribution >= 4 is 18.3 Å². The number of methoxy groups -OCH3 is 1. The van der Waals surface area contributed by atoms with Gasteiger partial charge < -0.3 is 15.4 Å². The van der Waals surface area contributed by atoms with Crippen LogP contribution in [-0.2, 0) is 16.8 Å². The zero-order chi connectivity index (χ0) is 16.8. The van der Waals surface area contributed by atoms with Gasteiger partial charge in [-0.05, 0) is 50.0 Å². The van der Waals surface area contributed by atoms with Crippen molar-refractivity contribution in [2.24, 2.45) is 0 Å². The number of nitrogens with one attached hydrogen (secondary N) is 2. The van der Waals surface area contributed by atoms with Gasteiger partial charge in [-0.25, -0.2) is 0 Å². The Bertz CT molecular complexity index is 669. The number of para-hydroxylation sites is 1. The van der Waals surface area contributed by atoms with E-state index in [2.05, 4.69) is 15.7 Å². The van der Waals surface area contributed by atoms with Gasteiger partial charge in [-0.1, -0.05) is 18.2 Å². The van der Waals surface area contributed by atoms with Crippen molar-refractivity contribution in [2.45, 2.75) is 24.8 Å². The normalized spacial score (nSPS) is 15.9. The summed E-state index contributed by atoms with van der Waals surface area (Å²) in [6.07, 6.45) is 5.84. The molecule has 2 N–H and O–H groups in total. The Morgan fingerprint density at radius 3 is 2.76 bits per heavy atom. The molecule has 25 heavy (non-hydrogen) atoms. The van der Waals surface area contributed by atoms with E-state index in [1.54, 1.807) is 13.3 Å². The molecule has 0 spiro atoms. The van der Waals surface area contributed by atoms with E-state index in [-0.39, 0.29) is 18.3 Å². The van der Waals surface area contributed by atoms with Crippen LogP contribution in [0.15, 0.2) is 42.7 Å². The number of carbonyl (C=O) groups is 1. The van der Waals surface area contributed by atoms with Crippen LogP contribution in [0, 0.1) is 0 Å². The van der Waals surface area contributed by atoms with E-state index >= 15 is 0 Å². The average Bonchev–Trinajstić information content (AvgIpc) is 3.18. The molecule has 0 aliphatic carbocycles. The Morgan fingerprint density at radius 1 is 1.32 bits per heavy atom. The van der Waals surface area contributed by atoms with Crippen molar-refractivity contribution < 1.29 is 9.53 Å². The summed E-state index contributed by atoms with van der Waals surface area (Å²) < 4.78 is 7.17. The highest BCUT2D eigenvalue weighted by Gasteiger charge is 2.41. The molecule has 0 unspecified atom stereocenters. The van der Waals surface area contributed by atoms with Crippen LogP contribution in [0.2, 0.25) is 0 Å². The van der Waals surface area contributed by atoms with Crippen LogP contribution in [0.4, 0.5) is 0 Å². The molecule has 1 aromatic heterocycles. The minimum Gasteiger partial charge on any atom is -0.496 e. The number of benzene rings is 1. The minimum atomic E-state index is -0.588. The molecule has 0 saturated carbocycles. The van der Waals surface area contributed by atoms with Gasteiger partial charge >= 0.3 is 0 Å². The van der Waals surface area contributed by atoms with E-state index in [4.69, 9.17) is 4.74 Å². The molecule has 6 nitrogen and oxygen atoms in total. The lowest BCUT2D eigenvalue weighted by Crippen LogP contribution is -2.54. The monoisotopic (exact) mass is 364 g/mol. The maximum atomic E-state index is 12.9. The summed E-state index contributed by atoms with van der Waals surface area (Å²) in [6.45, 7) is 2.22. The zero-order valence-corrected chi connectivity index (χ0v) is 15.2. The lowest BCUT2D eigenvalue weighted by Gasteiger charge is -2.36. The third-order valence-electron chi connectivity index (χ3n) is 4.67. The van der Waals surface area contributed by atoms with Crippen LogP contribution in [0.5, 0.6) is 5.75 Å². The predicted octanol–water partition coefficient (Wildman–Crippen LogP) is 1.75. The number of ether oxygens (including phenoxy) is 1. The summed E-state index contributed by atoms with van der Waals surface area (Å²) in [5.41, 5.74) is 0.508. The predicted molar refractivity (Wildman–Crippen MR) is 99.3 cm³/mol. The molecule has 0 atom stereocenters. The molecule has 3 rings (SSSR count). The lowest BCUT2D eigenvalue weighted by atomic mass is 9.87. The molecule has 1 aromatic carbocycles. The number of aromatic nitrogens is 2. The number of piperidine rings is 1. The second-order valence-corrected chi connectivity index (χ2v) is 6.05. The highest BCUT2D eigenvalue weighted by atomic mass is 35.5. The molecule has 1 fully saturated rings. The van der Waals surface area contributed by atoms with Gasteiger partial charge in [-0.15, -0.1) is 12.4 Å². The van der Waals surface area contributed by atoms with E-state index in [1.165, 1.54) is 0 Å². The number of hydrogen-bond acceptors (Lipinski definition) is 4. The van der Waals surface area contributed by atoms with Crippen LogP contribution in [0.3, 0.4) is 0 Å². The maximum absolute atomic E-state index is 12.9. The SMILES string of the molecule is COc1ccccc1CCNC(=O)C1(n2cccn2)CCNCC1.Cl. The summed E-state index contributed by atoms with van der Waals surface area (Å²) >= 11 is 0. The van der Waals surface area contributed by atoms with Gasteiger partial charge in [0.25, 0.3) is 0 Å². The number of rotatable bonds is 6. The molecular weight excluding hydrogens is 340 g/mol. The first-order valence-corrected chi connectivity index (χ1v) is 8.37. The number of halogens is 1. The Labute approximate surface area is 154 Å². The van der Waals surface area contributed by atoms with Crippen LogP contribution in [-0.4, -0.2) is 42.4 Å². The van der Waals surface area contributed by atoms with Gasteiger partial charge in [0.05, 0.1) is 7.11 Å². The molecule has 1 aliphatic rings. The first kappa shape index (κ1) is 19.3. The van der Waals surface area contributed by atoms with E-state index in [0.717, 1.165) is 43.7 Å². The number of hydrogen-bond donors (Lipinski definition) is 2. The van der Waals surface area contributed by atoms with E-state index < -0.39 is 5.54 Å². The minimum absolute atomic E-state index is 0. The van der Waals surface area contributed by atoms with Gasteiger partial charge in [0.1, 0.15) is 11.3 Å². The van der Waals surface area contributed by atoms with Gasteiger partial charge in [-0.3, -0.25) is 9.48 Å². The zero-order valence-electron chi connectivity index (χ0n) is 14.4. The fraction of sp³-hybridized carbons (Fsp3) is 0.444. The number of nitrogens with zero attached hydrogens (tertiary/aromatic N) is 2. The summed E-state index contributed by atoms with van der Waals surface area (Å²) in [6, 6.07) is 9.76.